The number of halogens is 3. The molecule has 130 valence electrons. The van der Waals surface area contributed by atoms with Gasteiger partial charge < -0.3 is 9.88 Å². The number of fused-ring (bicyclic) bond motifs is 2. The maximum Gasteiger partial charge on any atom is 0.290 e. The number of nitrogens with one attached hydrogen (secondary N) is 1. The second kappa shape index (κ2) is 5.80. The monoisotopic (exact) mass is 367 g/mol. The van der Waals surface area contributed by atoms with E-state index in [1.807, 2.05) is 0 Å². The lowest BCUT2D eigenvalue weighted by Crippen LogP contribution is -2.43. The number of aromatic amines is 1. The number of alkyl halides is 2. The molecule has 6 nitrogen and oxygen atoms in total. The molecule has 1 N–H and O–H groups in total. The fourth-order valence-corrected chi connectivity index (χ4v) is 3.94. The van der Waals surface area contributed by atoms with E-state index in [0.717, 1.165) is 22.4 Å². The molecule has 0 saturated heterocycles. The van der Waals surface area contributed by atoms with E-state index in [2.05, 4.69) is 19.9 Å². The van der Waals surface area contributed by atoms with Crippen LogP contribution in [0.25, 0.3) is 11.2 Å². The second-order valence-electron chi connectivity index (χ2n) is 5.71. The largest absolute Gasteiger partial charge is 0.332 e. The minimum atomic E-state index is -2.75. The number of aryl methyl sites for hydroxylation is 1. The molecule has 1 unspecified atom stereocenters. The summed E-state index contributed by atoms with van der Waals surface area (Å²) in [6, 6.07) is -1.36. The van der Waals surface area contributed by atoms with Gasteiger partial charge in [-0.1, -0.05) is 0 Å². The van der Waals surface area contributed by atoms with Crippen LogP contribution in [-0.4, -0.2) is 43.7 Å². The first kappa shape index (κ1) is 16.0. The molecular formula is C15H12F3N5OS. The Balaban J connectivity index is 1.74. The molecule has 1 amide bonds. The van der Waals surface area contributed by atoms with Crippen LogP contribution >= 0.6 is 11.3 Å². The number of rotatable bonds is 2. The number of H-pyrrole nitrogens is 1. The van der Waals surface area contributed by atoms with Gasteiger partial charge in [0.2, 0.25) is 0 Å². The molecule has 0 aliphatic carbocycles. The number of amides is 1. The Labute approximate surface area is 143 Å². The second-order valence-corrected chi connectivity index (χ2v) is 6.59. The van der Waals surface area contributed by atoms with E-state index in [1.165, 1.54) is 12.4 Å². The summed E-state index contributed by atoms with van der Waals surface area (Å²) < 4.78 is 40.8. The molecule has 0 saturated carbocycles. The highest BCUT2D eigenvalue weighted by Crippen LogP contribution is 2.37. The Morgan fingerprint density at radius 2 is 2.24 bits per heavy atom. The molecule has 0 fully saturated rings. The van der Waals surface area contributed by atoms with Crippen molar-refractivity contribution in [2.24, 2.45) is 0 Å². The van der Waals surface area contributed by atoms with Crippen LogP contribution in [0.15, 0.2) is 11.7 Å². The summed E-state index contributed by atoms with van der Waals surface area (Å²) in [5.74, 6) is -1.33. The number of carbonyl (C=O) groups is 1. The van der Waals surface area contributed by atoms with Crippen molar-refractivity contribution in [1.82, 2.24) is 24.8 Å². The molecule has 0 bridgehead atoms. The molecule has 1 atom stereocenters. The SMILES string of the molecule is Cc1c(F)cnc2nc(C(=O)N3CCc4ncsc4C3C(F)F)[nH]c12. The van der Waals surface area contributed by atoms with Gasteiger partial charge in [0.1, 0.15) is 11.9 Å². The van der Waals surface area contributed by atoms with E-state index >= 15 is 0 Å². The number of nitrogens with zero attached hydrogens (tertiary/aromatic N) is 4. The lowest BCUT2D eigenvalue weighted by atomic mass is 10.1. The lowest BCUT2D eigenvalue weighted by Gasteiger charge is -2.33. The van der Waals surface area contributed by atoms with Crippen molar-refractivity contribution >= 4 is 28.4 Å². The van der Waals surface area contributed by atoms with Crippen molar-refractivity contribution in [3.05, 3.63) is 39.5 Å². The Morgan fingerprint density at radius 1 is 1.44 bits per heavy atom. The van der Waals surface area contributed by atoms with Gasteiger partial charge >= 0.3 is 0 Å². The Kier molecular flexibility index (Phi) is 3.71. The Hall–Kier alpha value is -2.49. The number of pyridine rings is 1. The molecule has 4 heterocycles. The molecule has 25 heavy (non-hydrogen) atoms. The first-order chi connectivity index (χ1) is 12.0. The van der Waals surface area contributed by atoms with E-state index in [1.54, 1.807) is 0 Å². The van der Waals surface area contributed by atoms with Crippen molar-refractivity contribution in [2.75, 3.05) is 6.54 Å². The van der Waals surface area contributed by atoms with E-state index in [4.69, 9.17) is 0 Å². The van der Waals surface area contributed by atoms with E-state index < -0.39 is 24.2 Å². The van der Waals surface area contributed by atoms with Crippen LogP contribution in [0.1, 0.15) is 32.8 Å². The lowest BCUT2D eigenvalue weighted by molar-refractivity contribution is 0.0170. The average molecular weight is 367 g/mol. The maximum atomic E-state index is 13.6. The number of hydrogen-bond donors (Lipinski definition) is 1. The summed E-state index contributed by atoms with van der Waals surface area (Å²) in [7, 11) is 0. The molecule has 0 spiro atoms. The normalized spacial score (nSPS) is 17.3. The number of thiazole rings is 1. The zero-order valence-electron chi connectivity index (χ0n) is 13.0. The first-order valence-electron chi connectivity index (χ1n) is 7.49. The van der Waals surface area contributed by atoms with E-state index in [9.17, 15) is 18.0 Å². The first-order valence-corrected chi connectivity index (χ1v) is 8.37. The van der Waals surface area contributed by atoms with Gasteiger partial charge in [-0.05, 0) is 6.92 Å². The van der Waals surface area contributed by atoms with Gasteiger partial charge in [0, 0.05) is 18.5 Å². The Bertz CT molecular complexity index is 969. The van der Waals surface area contributed by atoms with Crippen LogP contribution in [0.3, 0.4) is 0 Å². The van der Waals surface area contributed by atoms with Crippen molar-refractivity contribution in [3.63, 3.8) is 0 Å². The van der Waals surface area contributed by atoms with Crippen LogP contribution in [0.2, 0.25) is 0 Å². The molecule has 10 heteroatoms. The molecule has 3 aromatic heterocycles. The standard InChI is InChI=1S/C15H12F3N5OS/c1-6-7(16)4-19-13-9(6)21-14(22-13)15(24)23-3-2-8-11(25-5-20-8)10(23)12(17)18/h4-5,10,12H,2-3H2,1H3,(H,19,21,22). The third-order valence-electron chi connectivity index (χ3n) is 4.29. The van der Waals surface area contributed by atoms with Gasteiger partial charge in [0.05, 0.1) is 27.8 Å². The van der Waals surface area contributed by atoms with Gasteiger partial charge in [-0.15, -0.1) is 11.3 Å². The van der Waals surface area contributed by atoms with E-state index in [0.29, 0.717) is 17.0 Å². The van der Waals surface area contributed by atoms with Crippen LogP contribution in [-0.2, 0) is 6.42 Å². The van der Waals surface area contributed by atoms with Crippen molar-refractivity contribution in [3.8, 4) is 0 Å². The van der Waals surface area contributed by atoms with Crippen molar-refractivity contribution < 1.29 is 18.0 Å². The van der Waals surface area contributed by atoms with Crippen molar-refractivity contribution in [2.45, 2.75) is 25.8 Å². The summed E-state index contributed by atoms with van der Waals surface area (Å²) in [5, 5.41) is 0. The maximum absolute atomic E-state index is 13.6. The zero-order valence-corrected chi connectivity index (χ0v) is 13.8. The van der Waals surface area contributed by atoms with Crippen LogP contribution in [0.5, 0.6) is 0 Å². The molecule has 4 rings (SSSR count). The summed E-state index contributed by atoms with van der Waals surface area (Å²) >= 11 is 1.11. The third-order valence-corrected chi connectivity index (χ3v) is 5.23. The summed E-state index contributed by atoms with van der Waals surface area (Å²) in [4.78, 5) is 28.9. The average Bonchev–Trinajstić information content (AvgIpc) is 3.23. The highest BCUT2D eigenvalue weighted by atomic mass is 32.1. The fourth-order valence-electron chi connectivity index (χ4n) is 2.98. The van der Waals surface area contributed by atoms with Crippen LogP contribution in [0, 0.1) is 12.7 Å². The van der Waals surface area contributed by atoms with Gasteiger partial charge in [0.25, 0.3) is 12.3 Å². The third kappa shape index (κ3) is 2.48. The topological polar surface area (TPSA) is 74.8 Å². The number of carbonyl (C=O) groups excluding carboxylic acids is 1. The molecule has 0 radical (unpaired) electrons. The number of hydrogen-bond acceptors (Lipinski definition) is 5. The van der Waals surface area contributed by atoms with Crippen molar-refractivity contribution in [1.29, 1.82) is 0 Å². The fraction of sp³-hybridized carbons (Fsp3) is 0.333. The minimum Gasteiger partial charge on any atom is -0.332 e. The highest BCUT2D eigenvalue weighted by molar-refractivity contribution is 7.09. The van der Waals surface area contributed by atoms with Gasteiger partial charge in [-0.25, -0.2) is 28.1 Å². The smallest absolute Gasteiger partial charge is 0.290 e. The predicted molar refractivity (Wildman–Crippen MR) is 84.2 cm³/mol. The quantitative estimate of drug-likeness (QED) is 0.756. The molecule has 1 aliphatic heterocycles. The van der Waals surface area contributed by atoms with Gasteiger partial charge in [-0.2, -0.15) is 0 Å². The Morgan fingerprint density at radius 3 is 3.00 bits per heavy atom. The van der Waals surface area contributed by atoms with Gasteiger partial charge in [-0.3, -0.25) is 4.79 Å². The molecule has 1 aliphatic rings. The van der Waals surface area contributed by atoms with Gasteiger partial charge in [0.15, 0.2) is 11.5 Å². The summed E-state index contributed by atoms with van der Waals surface area (Å²) in [6.45, 7) is 1.64. The number of imidazole rings is 1. The molecule has 3 aromatic rings. The molecule has 0 aromatic carbocycles. The van der Waals surface area contributed by atoms with E-state index in [-0.39, 0.29) is 29.1 Å². The van der Waals surface area contributed by atoms with Crippen LogP contribution in [0.4, 0.5) is 13.2 Å². The molecular weight excluding hydrogens is 355 g/mol. The summed E-state index contributed by atoms with van der Waals surface area (Å²) in [6.07, 6.45) is -1.33. The number of aromatic nitrogens is 4. The predicted octanol–water partition coefficient (Wildman–Crippen LogP) is 2.87. The highest BCUT2D eigenvalue weighted by Gasteiger charge is 2.40. The summed E-state index contributed by atoms with van der Waals surface area (Å²) in [5.41, 5.74) is 2.83. The van der Waals surface area contributed by atoms with Crippen LogP contribution < -0.4 is 0 Å². The minimum absolute atomic E-state index is 0.113. The zero-order chi connectivity index (χ0) is 17.7.